The fourth-order valence-electron chi connectivity index (χ4n) is 4.18. The maximum atomic E-state index is 13.5. The zero-order chi connectivity index (χ0) is 23.2. The van der Waals surface area contributed by atoms with E-state index in [0.29, 0.717) is 37.8 Å². The minimum Gasteiger partial charge on any atom is -0.496 e. The molecule has 1 aromatic heterocycles. The Morgan fingerprint density at radius 2 is 1.88 bits per heavy atom. The minimum atomic E-state index is -0.674. The van der Waals surface area contributed by atoms with Crippen LogP contribution in [0.15, 0.2) is 59.1 Å². The van der Waals surface area contributed by atoms with Gasteiger partial charge < -0.3 is 19.1 Å². The molecule has 2 amide bonds. The maximum Gasteiger partial charge on any atom is 0.246 e. The molecule has 1 fully saturated rings. The highest BCUT2D eigenvalue weighted by molar-refractivity contribution is 5.89. The van der Waals surface area contributed by atoms with Crippen LogP contribution >= 0.6 is 0 Å². The van der Waals surface area contributed by atoms with Crippen LogP contribution in [-0.2, 0) is 29.0 Å². The van der Waals surface area contributed by atoms with Gasteiger partial charge >= 0.3 is 0 Å². The van der Waals surface area contributed by atoms with Crippen molar-refractivity contribution >= 4 is 11.8 Å². The molecule has 0 N–H and O–H groups in total. The van der Waals surface area contributed by atoms with Gasteiger partial charge in [0.1, 0.15) is 11.8 Å². The van der Waals surface area contributed by atoms with Crippen molar-refractivity contribution in [1.82, 2.24) is 19.9 Å². The minimum absolute atomic E-state index is 0.0742. The Bertz CT molecular complexity index is 1100. The molecule has 4 rings (SSSR count). The van der Waals surface area contributed by atoms with E-state index in [-0.39, 0.29) is 24.7 Å². The van der Waals surface area contributed by atoms with Gasteiger partial charge in [-0.1, -0.05) is 53.7 Å². The number of amides is 2. The predicted molar refractivity (Wildman–Crippen MR) is 121 cm³/mol. The number of ether oxygens (including phenoxy) is 1. The van der Waals surface area contributed by atoms with Crippen LogP contribution in [0.1, 0.15) is 29.3 Å². The lowest BCUT2D eigenvalue weighted by Crippen LogP contribution is -2.59. The molecule has 0 radical (unpaired) electrons. The third-order valence-corrected chi connectivity index (χ3v) is 5.86. The second-order valence-electron chi connectivity index (χ2n) is 8.10. The molecule has 0 spiro atoms. The van der Waals surface area contributed by atoms with Crippen LogP contribution in [0.2, 0.25) is 0 Å². The number of aromatic nitrogens is 2. The summed E-state index contributed by atoms with van der Waals surface area (Å²) in [6.07, 6.45) is 1.02. The number of hydrogen-bond acceptors (Lipinski definition) is 6. The number of methoxy groups -OCH3 is 1. The van der Waals surface area contributed by atoms with E-state index in [1.165, 1.54) is 0 Å². The van der Waals surface area contributed by atoms with E-state index < -0.39 is 6.04 Å². The normalized spacial score (nSPS) is 16.2. The van der Waals surface area contributed by atoms with Crippen molar-refractivity contribution < 1.29 is 18.8 Å². The molecule has 2 heterocycles. The van der Waals surface area contributed by atoms with Crippen molar-refractivity contribution in [3.05, 3.63) is 77.4 Å². The first kappa shape index (κ1) is 22.5. The van der Waals surface area contributed by atoms with Gasteiger partial charge in [-0.3, -0.25) is 9.59 Å². The monoisotopic (exact) mass is 448 g/mol. The van der Waals surface area contributed by atoms with Crippen molar-refractivity contribution in [3.63, 3.8) is 0 Å². The lowest BCUT2D eigenvalue weighted by molar-refractivity contribution is -0.152. The molecule has 8 nitrogen and oxygen atoms in total. The van der Waals surface area contributed by atoms with Crippen molar-refractivity contribution in [2.45, 2.75) is 38.8 Å². The van der Waals surface area contributed by atoms with Gasteiger partial charge in [0.2, 0.25) is 17.7 Å². The quantitative estimate of drug-likeness (QED) is 0.527. The van der Waals surface area contributed by atoms with Crippen molar-refractivity contribution in [3.8, 4) is 5.75 Å². The summed E-state index contributed by atoms with van der Waals surface area (Å²) in [5, 5.41) is 3.83. The molecule has 2 aromatic carbocycles. The number of aryl methyl sites for hydroxylation is 2. The zero-order valence-electron chi connectivity index (χ0n) is 18.9. The molecule has 33 heavy (non-hydrogen) atoms. The van der Waals surface area contributed by atoms with Gasteiger partial charge in [0.15, 0.2) is 5.82 Å². The Morgan fingerprint density at radius 3 is 2.61 bits per heavy atom. The van der Waals surface area contributed by atoms with Crippen LogP contribution in [0.5, 0.6) is 5.75 Å². The Labute approximate surface area is 193 Å². The molecule has 1 aliphatic heterocycles. The largest absolute Gasteiger partial charge is 0.496 e. The second kappa shape index (κ2) is 10.3. The van der Waals surface area contributed by atoms with E-state index in [2.05, 4.69) is 10.1 Å². The number of nitrogens with zero attached hydrogens (tertiary/aromatic N) is 4. The number of carbonyl (C=O) groups is 2. The van der Waals surface area contributed by atoms with Crippen molar-refractivity contribution in [2.24, 2.45) is 0 Å². The number of benzene rings is 2. The molecular weight excluding hydrogens is 420 g/mol. The van der Waals surface area contributed by atoms with E-state index in [1.54, 1.807) is 23.8 Å². The van der Waals surface area contributed by atoms with E-state index in [1.807, 2.05) is 54.6 Å². The van der Waals surface area contributed by atoms with Crippen molar-refractivity contribution in [2.75, 3.05) is 20.2 Å². The topological polar surface area (TPSA) is 88.8 Å². The molecule has 172 valence electrons. The van der Waals surface area contributed by atoms with Gasteiger partial charge in [0, 0.05) is 26.1 Å². The van der Waals surface area contributed by atoms with Gasteiger partial charge in [-0.05, 0) is 30.5 Å². The molecule has 1 aliphatic rings. The third kappa shape index (κ3) is 5.39. The third-order valence-electron chi connectivity index (χ3n) is 5.86. The molecule has 1 saturated heterocycles. The summed E-state index contributed by atoms with van der Waals surface area (Å²) in [5.74, 6) is 1.44. The number of piperazine rings is 1. The molecule has 1 atom stereocenters. The average molecular weight is 449 g/mol. The lowest BCUT2D eigenvalue weighted by Gasteiger charge is -2.40. The standard InChI is InChI=1S/C25H28N4O4/c1-18-26-23(33-27-18)16-21-25(31)28(17-19-8-4-3-5-9-19)14-15-29(21)24(30)13-12-20-10-6-7-11-22(20)32-2/h3-11,21H,12-17H2,1-2H3. The van der Waals surface area contributed by atoms with Crippen molar-refractivity contribution in [1.29, 1.82) is 0 Å². The molecule has 0 aliphatic carbocycles. The Balaban J connectivity index is 1.50. The van der Waals surface area contributed by atoms with Crippen LogP contribution < -0.4 is 4.74 Å². The highest BCUT2D eigenvalue weighted by Gasteiger charge is 2.38. The van der Waals surface area contributed by atoms with Crippen LogP contribution in [0, 0.1) is 6.92 Å². The van der Waals surface area contributed by atoms with Crippen LogP contribution in [0.3, 0.4) is 0 Å². The second-order valence-corrected chi connectivity index (χ2v) is 8.10. The number of rotatable bonds is 8. The Morgan fingerprint density at radius 1 is 1.12 bits per heavy atom. The van der Waals surface area contributed by atoms with Gasteiger partial charge in [-0.2, -0.15) is 4.98 Å². The maximum absolute atomic E-state index is 13.5. The molecular formula is C25H28N4O4. The highest BCUT2D eigenvalue weighted by atomic mass is 16.5. The smallest absolute Gasteiger partial charge is 0.246 e. The summed E-state index contributed by atoms with van der Waals surface area (Å²) in [5.41, 5.74) is 2.01. The fraction of sp³-hybridized carbons (Fsp3) is 0.360. The number of carbonyl (C=O) groups excluding carboxylic acids is 2. The summed E-state index contributed by atoms with van der Waals surface area (Å²) < 4.78 is 10.7. The summed E-state index contributed by atoms with van der Waals surface area (Å²) in [6.45, 7) is 3.17. The Kier molecular flexibility index (Phi) is 7.02. The van der Waals surface area contributed by atoms with E-state index in [4.69, 9.17) is 9.26 Å². The summed E-state index contributed by atoms with van der Waals surface area (Å²) in [7, 11) is 1.62. The molecule has 8 heteroatoms. The summed E-state index contributed by atoms with van der Waals surface area (Å²) in [6, 6.07) is 16.8. The number of para-hydroxylation sites is 1. The molecule has 1 unspecified atom stereocenters. The first-order valence-electron chi connectivity index (χ1n) is 11.1. The van der Waals surface area contributed by atoms with Crippen LogP contribution in [-0.4, -0.2) is 58.0 Å². The SMILES string of the molecule is COc1ccccc1CCC(=O)N1CCN(Cc2ccccc2)C(=O)C1Cc1nc(C)no1. The number of hydrogen-bond donors (Lipinski definition) is 0. The predicted octanol–water partition coefficient (Wildman–Crippen LogP) is 2.80. The molecule has 3 aromatic rings. The van der Waals surface area contributed by atoms with Gasteiger partial charge in [0.25, 0.3) is 0 Å². The van der Waals surface area contributed by atoms with E-state index in [9.17, 15) is 9.59 Å². The Hall–Kier alpha value is -3.68. The van der Waals surface area contributed by atoms with Gasteiger partial charge in [-0.15, -0.1) is 0 Å². The molecule has 0 bridgehead atoms. The first-order valence-corrected chi connectivity index (χ1v) is 11.1. The summed E-state index contributed by atoms with van der Waals surface area (Å²) >= 11 is 0. The van der Waals surface area contributed by atoms with Crippen LogP contribution in [0.4, 0.5) is 0 Å². The first-order chi connectivity index (χ1) is 16.0. The van der Waals surface area contributed by atoms with E-state index in [0.717, 1.165) is 16.9 Å². The zero-order valence-corrected chi connectivity index (χ0v) is 18.9. The summed E-state index contributed by atoms with van der Waals surface area (Å²) in [4.78, 5) is 34.4. The van der Waals surface area contributed by atoms with Gasteiger partial charge in [-0.25, -0.2) is 0 Å². The van der Waals surface area contributed by atoms with Gasteiger partial charge in [0.05, 0.1) is 13.5 Å². The average Bonchev–Trinajstić information content (AvgIpc) is 3.25. The van der Waals surface area contributed by atoms with Crippen LogP contribution in [0.25, 0.3) is 0 Å². The van der Waals surface area contributed by atoms with E-state index >= 15 is 0 Å². The lowest BCUT2D eigenvalue weighted by atomic mass is 10.0. The fourth-order valence-corrected chi connectivity index (χ4v) is 4.18. The highest BCUT2D eigenvalue weighted by Crippen LogP contribution is 2.22. The molecule has 0 saturated carbocycles.